The van der Waals surface area contributed by atoms with Gasteiger partial charge in [0.15, 0.2) is 0 Å². The average Bonchev–Trinajstić information content (AvgIpc) is 3.00. The molecule has 0 spiro atoms. The highest BCUT2D eigenvalue weighted by Crippen LogP contribution is 2.26. The Hall–Kier alpha value is -5.35. The fourth-order valence-electron chi connectivity index (χ4n) is 4.39. The molecule has 0 radical (unpaired) electrons. The molecular weight excluding hydrogens is 550 g/mol. The molecule has 3 amide bonds. The van der Waals surface area contributed by atoms with Crippen LogP contribution < -0.4 is 15.6 Å². The number of aromatic hydroxyl groups is 1. The van der Waals surface area contributed by atoms with Crippen LogP contribution in [0.3, 0.4) is 0 Å². The lowest BCUT2D eigenvalue weighted by Crippen LogP contribution is -2.65. The maximum absolute atomic E-state index is 13.6. The molecule has 1 atom stereocenters. The van der Waals surface area contributed by atoms with E-state index in [-0.39, 0.29) is 23.0 Å². The van der Waals surface area contributed by atoms with Crippen molar-refractivity contribution in [2.75, 3.05) is 16.8 Å². The van der Waals surface area contributed by atoms with E-state index in [1.807, 2.05) is 31.2 Å². The van der Waals surface area contributed by atoms with E-state index in [0.29, 0.717) is 16.9 Å². The van der Waals surface area contributed by atoms with Crippen LogP contribution in [0.4, 0.5) is 17.1 Å². The number of amides is 3. The number of aryl methyl sites for hydroxylation is 1. The van der Waals surface area contributed by atoms with E-state index < -0.39 is 23.6 Å². The Labute approximate surface area is 248 Å². The smallest absolute Gasteiger partial charge is 0.270 e. The molecule has 0 aromatic heterocycles. The highest BCUT2D eigenvalue weighted by Gasteiger charge is 2.45. The number of para-hydroxylation sites is 3. The number of thiocarbonyl (C=S) groups is 1. The molecule has 1 aliphatic heterocycles. The number of benzene rings is 4. The molecule has 9 nitrogen and oxygen atoms in total. The molecule has 1 fully saturated rings. The number of phenolic OH excluding ortho intramolecular Hbond substituents is 1. The van der Waals surface area contributed by atoms with Gasteiger partial charge < -0.3 is 10.4 Å². The van der Waals surface area contributed by atoms with Crippen molar-refractivity contribution in [3.8, 4) is 5.75 Å². The van der Waals surface area contributed by atoms with E-state index in [2.05, 4.69) is 15.7 Å². The number of hydrogen-bond donors (Lipinski definition) is 3. The molecule has 1 aliphatic rings. The van der Waals surface area contributed by atoms with Gasteiger partial charge >= 0.3 is 0 Å². The van der Waals surface area contributed by atoms with Gasteiger partial charge in [0.1, 0.15) is 11.7 Å². The van der Waals surface area contributed by atoms with Crippen molar-refractivity contribution >= 4 is 58.3 Å². The van der Waals surface area contributed by atoms with Crippen LogP contribution in [0.25, 0.3) is 0 Å². The van der Waals surface area contributed by atoms with Gasteiger partial charge in [-0.1, -0.05) is 48.5 Å². The third-order valence-corrected chi connectivity index (χ3v) is 7.07. The van der Waals surface area contributed by atoms with Crippen LogP contribution in [0.2, 0.25) is 0 Å². The average molecular weight is 578 g/mol. The van der Waals surface area contributed by atoms with Crippen LogP contribution in [0.15, 0.2) is 108 Å². The molecule has 5 rings (SSSR count). The molecule has 1 unspecified atom stereocenters. The number of hydrazine groups is 1. The van der Waals surface area contributed by atoms with E-state index in [4.69, 9.17) is 12.2 Å². The zero-order chi connectivity index (χ0) is 29.6. The quantitative estimate of drug-likeness (QED) is 0.155. The van der Waals surface area contributed by atoms with Crippen LogP contribution in [0.5, 0.6) is 5.75 Å². The number of nitrogens with one attached hydrogen (secondary N) is 2. The minimum absolute atomic E-state index is 0.00447. The van der Waals surface area contributed by atoms with E-state index in [1.165, 1.54) is 11.1 Å². The summed E-state index contributed by atoms with van der Waals surface area (Å²) in [6, 6.07) is 29.5. The molecule has 10 heteroatoms. The number of hydrogen-bond acceptors (Lipinski definition) is 7. The summed E-state index contributed by atoms with van der Waals surface area (Å²) < 4.78 is 0. The second-order valence-electron chi connectivity index (χ2n) is 9.52. The van der Waals surface area contributed by atoms with Crippen molar-refractivity contribution in [1.82, 2.24) is 10.4 Å². The van der Waals surface area contributed by atoms with Crippen molar-refractivity contribution in [2.45, 2.75) is 6.92 Å². The zero-order valence-corrected chi connectivity index (χ0v) is 23.4. The summed E-state index contributed by atoms with van der Waals surface area (Å²) in [5.74, 6) is -2.77. The normalized spacial score (nSPS) is 15.3. The fraction of sp³-hybridized carbons (Fsp3) is 0.0938. The van der Waals surface area contributed by atoms with E-state index in [9.17, 15) is 19.5 Å². The third-order valence-electron chi connectivity index (χ3n) is 6.71. The lowest BCUT2D eigenvalue weighted by Gasteiger charge is -2.39. The van der Waals surface area contributed by atoms with Crippen molar-refractivity contribution in [2.24, 2.45) is 10.9 Å². The van der Waals surface area contributed by atoms with Crippen molar-refractivity contribution in [3.05, 3.63) is 120 Å². The van der Waals surface area contributed by atoms with Gasteiger partial charge in [-0.05, 0) is 79.3 Å². The van der Waals surface area contributed by atoms with Crippen molar-refractivity contribution in [1.29, 1.82) is 0 Å². The van der Waals surface area contributed by atoms with Gasteiger partial charge in [-0.15, -0.1) is 0 Å². The molecular formula is C32H27N5O4S. The summed E-state index contributed by atoms with van der Waals surface area (Å²) in [6.07, 6.45) is 1.52. The van der Waals surface area contributed by atoms with Gasteiger partial charge in [-0.25, -0.2) is 0 Å². The first kappa shape index (κ1) is 28.2. The number of carbonyl (C=O) groups excluding carboxylic acids is 3. The summed E-state index contributed by atoms with van der Waals surface area (Å²) in [6.45, 7) is 1.93. The number of carbonyl (C=O) groups is 3. The second kappa shape index (κ2) is 12.4. The fourth-order valence-corrected chi connectivity index (χ4v) is 4.72. The van der Waals surface area contributed by atoms with Gasteiger partial charge in [0, 0.05) is 29.6 Å². The minimum atomic E-state index is -1.15. The maximum Gasteiger partial charge on any atom is 0.270 e. The summed E-state index contributed by atoms with van der Waals surface area (Å²) in [5, 5.41) is 13.9. The monoisotopic (exact) mass is 577 g/mol. The second-order valence-corrected chi connectivity index (χ2v) is 9.88. The Bertz CT molecular complexity index is 1670. The SMILES string of the molecule is Cc1ccccc1NCC1C(=O)N(NC(=O)c2ccc(N=Cc3ccccc3O)cc2)C(=S)N(c2ccccc2)C1=O. The first-order valence-electron chi connectivity index (χ1n) is 13.1. The number of aliphatic imine (C=N–C) groups is 1. The van der Waals surface area contributed by atoms with Crippen LogP contribution in [-0.4, -0.2) is 45.7 Å². The predicted molar refractivity (Wildman–Crippen MR) is 166 cm³/mol. The van der Waals surface area contributed by atoms with E-state index >= 15 is 0 Å². The maximum atomic E-state index is 13.6. The molecule has 1 heterocycles. The highest BCUT2D eigenvalue weighted by molar-refractivity contribution is 7.80. The molecule has 4 aromatic rings. The Morgan fingerprint density at radius 2 is 1.57 bits per heavy atom. The Morgan fingerprint density at radius 1 is 0.905 bits per heavy atom. The van der Waals surface area contributed by atoms with Crippen molar-refractivity contribution in [3.63, 3.8) is 0 Å². The Balaban J connectivity index is 1.36. The molecule has 3 N–H and O–H groups in total. The highest BCUT2D eigenvalue weighted by atomic mass is 32.1. The Kier molecular flexibility index (Phi) is 8.35. The summed E-state index contributed by atoms with van der Waals surface area (Å²) >= 11 is 5.55. The summed E-state index contributed by atoms with van der Waals surface area (Å²) in [4.78, 5) is 46.0. The van der Waals surface area contributed by atoms with E-state index in [0.717, 1.165) is 16.3 Å². The molecule has 0 saturated carbocycles. The molecule has 0 bridgehead atoms. The van der Waals surface area contributed by atoms with Gasteiger partial charge in [-0.3, -0.25) is 29.7 Å². The molecule has 1 saturated heterocycles. The molecule has 210 valence electrons. The standard InChI is InChI=1S/C32H27N5O4S/c1-21-9-5-7-13-27(21)34-20-26-30(40)36(25-11-3-2-4-12-25)32(42)37(31(26)41)35-29(39)22-15-17-24(18-16-22)33-19-23-10-6-8-14-28(23)38/h2-19,26,34,38H,20H2,1H3,(H,35,39). The number of nitrogens with zero attached hydrogens (tertiary/aromatic N) is 3. The number of phenols is 1. The predicted octanol–water partition coefficient (Wildman–Crippen LogP) is 4.98. The van der Waals surface area contributed by atoms with Gasteiger partial charge in [-0.2, -0.15) is 5.01 Å². The number of anilines is 2. The minimum Gasteiger partial charge on any atom is -0.507 e. The Morgan fingerprint density at radius 3 is 2.29 bits per heavy atom. The van der Waals surface area contributed by atoms with Crippen LogP contribution in [0, 0.1) is 12.8 Å². The van der Waals surface area contributed by atoms with Crippen LogP contribution in [0.1, 0.15) is 21.5 Å². The summed E-state index contributed by atoms with van der Waals surface area (Å²) in [5.41, 5.74) is 6.19. The van der Waals surface area contributed by atoms with Gasteiger partial charge in [0.2, 0.25) is 11.0 Å². The zero-order valence-electron chi connectivity index (χ0n) is 22.6. The third kappa shape index (κ3) is 6.03. The topological polar surface area (TPSA) is 114 Å². The van der Waals surface area contributed by atoms with Crippen LogP contribution >= 0.6 is 12.2 Å². The summed E-state index contributed by atoms with van der Waals surface area (Å²) in [7, 11) is 0. The first-order valence-corrected chi connectivity index (χ1v) is 13.5. The number of rotatable bonds is 8. The van der Waals surface area contributed by atoms with E-state index in [1.54, 1.807) is 78.9 Å². The van der Waals surface area contributed by atoms with Gasteiger partial charge in [0.05, 0.1) is 11.4 Å². The lowest BCUT2D eigenvalue weighted by atomic mass is 10.0. The molecule has 0 aliphatic carbocycles. The van der Waals surface area contributed by atoms with Crippen LogP contribution in [-0.2, 0) is 9.59 Å². The van der Waals surface area contributed by atoms with Crippen molar-refractivity contribution < 1.29 is 19.5 Å². The molecule has 4 aromatic carbocycles. The lowest BCUT2D eigenvalue weighted by molar-refractivity contribution is -0.140. The first-order chi connectivity index (χ1) is 20.3. The largest absolute Gasteiger partial charge is 0.507 e. The van der Waals surface area contributed by atoms with Gasteiger partial charge in [0.25, 0.3) is 11.8 Å². The molecule has 42 heavy (non-hydrogen) atoms.